The van der Waals surface area contributed by atoms with Gasteiger partial charge in [0.1, 0.15) is 12.2 Å². The summed E-state index contributed by atoms with van der Waals surface area (Å²) in [5.74, 6) is -1.95. The SMILES string of the molecule is CC(C)(C)S(=O)(=O)C[C@H](C1CC1)N1C(=O)[C@H](CC(=O)O)O[C@H](c2cccc(Cl)c2)[C@H]1c1ccc(Cl)cc1. The first-order chi connectivity index (χ1) is 17.3. The van der Waals surface area contributed by atoms with Gasteiger partial charge in [-0.15, -0.1) is 0 Å². The van der Waals surface area contributed by atoms with Gasteiger partial charge in [0.2, 0.25) is 0 Å². The Morgan fingerprint density at radius 1 is 1.08 bits per heavy atom. The zero-order valence-electron chi connectivity index (χ0n) is 20.9. The van der Waals surface area contributed by atoms with Crippen LogP contribution < -0.4 is 0 Å². The molecule has 1 saturated carbocycles. The smallest absolute Gasteiger partial charge is 0.306 e. The standard InChI is InChI=1S/C27H31Cl2NO6S/c1-27(2,3)37(34,35)15-21(16-7-8-16)30-24(17-9-11-19(28)12-10-17)25(18-5-4-6-20(29)13-18)36-22(26(30)33)14-23(31)32/h4-6,9-13,16,21-22,24-25H,7-8,14-15H2,1-3H3,(H,31,32)/t21-,22+,24-,25-/m1/s1. The van der Waals surface area contributed by atoms with E-state index in [1.165, 1.54) is 0 Å². The maximum absolute atomic E-state index is 14.0. The third kappa shape index (κ3) is 6.14. The van der Waals surface area contributed by atoms with E-state index in [4.69, 9.17) is 27.9 Å². The van der Waals surface area contributed by atoms with Crippen LogP contribution in [0.5, 0.6) is 0 Å². The van der Waals surface area contributed by atoms with Gasteiger partial charge in [-0.05, 0) is 74.9 Å². The number of nitrogens with zero attached hydrogens (tertiary/aromatic N) is 1. The fourth-order valence-corrected chi connectivity index (χ4v) is 6.47. The lowest BCUT2D eigenvalue weighted by atomic mass is 9.89. The average molecular weight is 569 g/mol. The van der Waals surface area contributed by atoms with Crippen molar-refractivity contribution >= 4 is 44.9 Å². The quantitative estimate of drug-likeness (QED) is 0.453. The number of halogens is 2. The number of carboxylic acids is 1. The van der Waals surface area contributed by atoms with E-state index >= 15 is 0 Å². The molecule has 4 atom stereocenters. The highest BCUT2D eigenvalue weighted by atomic mass is 35.5. The molecule has 2 fully saturated rings. The molecule has 7 nitrogen and oxygen atoms in total. The molecule has 1 amide bonds. The molecule has 1 saturated heterocycles. The Morgan fingerprint density at radius 3 is 2.27 bits per heavy atom. The van der Waals surface area contributed by atoms with Crippen molar-refractivity contribution in [2.45, 2.75) is 69.1 Å². The number of rotatable bonds is 8. The minimum atomic E-state index is -3.61. The number of carbonyl (C=O) groups is 2. The lowest BCUT2D eigenvalue weighted by molar-refractivity contribution is -0.183. The molecule has 1 N–H and O–H groups in total. The van der Waals surface area contributed by atoms with Gasteiger partial charge in [-0.3, -0.25) is 9.59 Å². The Labute approximate surface area is 227 Å². The van der Waals surface area contributed by atoms with Crippen LogP contribution in [-0.2, 0) is 24.2 Å². The maximum atomic E-state index is 14.0. The van der Waals surface area contributed by atoms with Gasteiger partial charge in [0.05, 0.1) is 23.0 Å². The molecule has 37 heavy (non-hydrogen) atoms. The van der Waals surface area contributed by atoms with Crippen molar-refractivity contribution in [3.8, 4) is 0 Å². The molecule has 200 valence electrons. The Hall–Kier alpha value is -2.13. The number of amides is 1. The molecular formula is C27H31Cl2NO6S. The second kappa shape index (κ2) is 10.6. The van der Waals surface area contributed by atoms with Gasteiger partial charge in [-0.1, -0.05) is 47.5 Å². The zero-order chi connectivity index (χ0) is 27.1. The summed E-state index contributed by atoms with van der Waals surface area (Å²) in [5, 5.41) is 10.5. The molecule has 0 radical (unpaired) electrons. The van der Waals surface area contributed by atoms with Gasteiger partial charge in [0.25, 0.3) is 5.91 Å². The van der Waals surface area contributed by atoms with Gasteiger partial charge >= 0.3 is 5.97 Å². The highest BCUT2D eigenvalue weighted by Gasteiger charge is 2.52. The van der Waals surface area contributed by atoms with Crippen molar-refractivity contribution in [2.24, 2.45) is 5.92 Å². The maximum Gasteiger partial charge on any atom is 0.306 e. The van der Waals surface area contributed by atoms with Crippen LogP contribution in [0.4, 0.5) is 0 Å². The van der Waals surface area contributed by atoms with E-state index in [1.54, 1.807) is 68.1 Å². The number of sulfone groups is 1. The van der Waals surface area contributed by atoms with Crippen molar-refractivity contribution in [1.29, 1.82) is 0 Å². The Balaban J connectivity index is 1.89. The Kier molecular flexibility index (Phi) is 7.96. The average Bonchev–Trinajstić information content (AvgIpc) is 3.64. The minimum Gasteiger partial charge on any atom is -0.481 e. The summed E-state index contributed by atoms with van der Waals surface area (Å²) in [6.07, 6.45) is -1.02. The van der Waals surface area contributed by atoms with Crippen LogP contribution in [0, 0.1) is 5.92 Å². The van der Waals surface area contributed by atoms with Crippen molar-refractivity contribution in [3.63, 3.8) is 0 Å². The predicted octanol–water partition coefficient (Wildman–Crippen LogP) is 5.47. The number of morpholine rings is 1. The zero-order valence-corrected chi connectivity index (χ0v) is 23.3. The third-order valence-corrected chi connectivity index (χ3v) is 10.2. The van der Waals surface area contributed by atoms with E-state index in [1.807, 2.05) is 6.07 Å². The molecule has 0 spiro atoms. The molecule has 10 heteroatoms. The molecule has 0 aromatic heterocycles. The van der Waals surface area contributed by atoms with Crippen LogP contribution in [0.15, 0.2) is 48.5 Å². The van der Waals surface area contributed by atoms with Gasteiger partial charge in [0, 0.05) is 16.1 Å². The van der Waals surface area contributed by atoms with Gasteiger partial charge in [-0.2, -0.15) is 0 Å². The number of aliphatic carboxylic acids is 1. The van der Waals surface area contributed by atoms with E-state index < -0.39 is 57.2 Å². The van der Waals surface area contributed by atoms with Crippen molar-refractivity contribution < 1.29 is 27.9 Å². The highest BCUT2D eigenvalue weighted by Crippen LogP contribution is 2.48. The van der Waals surface area contributed by atoms with E-state index in [9.17, 15) is 23.1 Å². The Morgan fingerprint density at radius 2 is 1.73 bits per heavy atom. The summed E-state index contributed by atoms with van der Waals surface area (Å²) >= 11 is 12.5. The molecule has 4 rings (SSSR count). The first-order valence-electron chi connectivity index (χ1n) is 12.2. The van der Waals surface area contributed by atoms with Gasteiger partial charge in [0.15, 0.2) is 9.84 Å². The second-order valence-corrected chi connectivity index (χ2v) is 14.4. The molecule has 1 aliphatic heterocycles. The summed E-state index contributed by atoms with van der Waals surface area (Å²) in [4.78, 5) is 27.2. The third-order valence-electron chi connectivity index (χ3n) is 7.02. The summed E-state index contributed by atoms with van der Waals surface area (Å²) in [7, 11) is -3.61. The molecule has 2 aromatic rings. The summed E-state index contributed by atoms with van der Waals surface area (Å²) < 4.78 is 32.0. The normalized spacial score (nSPS) is 23.6. The summed E-state index contributed by atoms with van der Waals surface area (Å²) in [5.41, 5.74) is 1.36. The fourth-order valence-electron chi connectivity index (χ4n) is 4.76. The van der Waals surface area contributed by atoms with E-state index in [-0.39, 0.29) is 11.7 Å². The predicted molar refractivity (Wildman–Crippen MR) is 142 cm³/mol. The Bertz CT molecular complexity index is 1270. The van der Waals surface area contributed by atoms with Gasteiger partial charge in [-0.25, -0.2) is 8.42 Å². The summed E-state index contributed by atoms with van der Waals surface area (Å²) in [6.45, 7) is 4.93. The van der Waals surface area contributed by atoms with Crippen LogP contribution in [-0.4, -0.2) is 52.9 Å². The van der Waals surface area contributed by atoms with Crippen molar-refractivity contribution in [2.75, 3.05) is 5.75 Å². The highest BCUT2D eigenvalue weighted by molar-refractivity contribution is 7.92. The molecule has 2 aromatic carbocycles. The van der Waals surface area contributed by atoms with Crippen molar-refractivity contribution in [1.82, 2.24) is 4.90 Å². The summed E-state index contributed by atoms with van der Waals surface area (Å²) in [6, 6.07) is 12.6. The molecule has 0 unspecified atom stereocenters. The molecule has 2 aliphatic rings. The fraction of sp³-hybridized carbons (Fsp3) is 0.481. The number of hydrogen-bond acceptors (Lipinski definition) is 5. The van der Waals surface area contributed by atoms with E-state index in [0.717, 1.165) is 12.8 Å². The van der Waals surface area contributed by atoms with E-state index in [0.29, 0.717) is 21.2 Å². The molecule has 0 bridgehead atoms. The van der Waals surface area contributed by atoms with Crippen LogP contribution in [0.25, 0.3) is 0 Å². The number of hydrogen-bond donors (Lipinski definition) is 1. The van der Waals surface area contributed by atoms with Crippen LogP contribution in [0.2, 0.25) is 10.0 Å². The topological polar surface area (TPSA) is 101 Å². The first-order valence-corrected chi connectivity index (χ1v) is 14.6. The largest absolute Gasteiger partial charge is 0.481 e. The monoisotopic (exact) mass is 567 g/mol. The van der Waals surface area contributed by atoms with Crippen LogP contribution in [0.3, 0.4) is 0 Å². The first kappa shape index (κ1) is 27.9. The molecule has 1 heterocycles. The van der Waals surface area contributed by atoms with Crippen molar-refractivity contribution in [3.05, 3.63) is 69.7 Å². The minimum absolute atomic E-state index is 0.0144. The van der Waals surface area contributed by atoms with Crippen LogP contribution in [0.1, 0.15) is 63.3 Å². The number of carbonyl (C=O) groups excluding carboxylic acids is 1. The number of carboxylic acid groups (broad SMARTS) is 1. The molecule has 1 aliphatic carbocycles. The lowest BCUT2D eigenvalue weighted by Gasteiger charge is -2.48. The number of benzene rings is 2. The van der Waals surface area contributed by atoms with Crippen LogP contribution >= 0.6 is 23.2 Å². The number of ether oxygens (including phenoxy) is 1. The van der Waals surface area contributed by atoms with E-state index in [2.05, 4.69) is 0 Å². The lowest BCUT2D eigenvalue weighted by Crippen LogP contribution is -2.58. The second-order valence-electron chi connectivity index (χ2n) is 10.7. The van der Waals surface area contributed by atoms with Gasteiger partial charge < -0.3 is 14.7 Å². The molecular weight excluding hydrogens is 537 g/mol.